The van der Waals surface area contributed by atoms with E-state index in [1.165, 1.54) is 12.1 Å². The van der Waals surface area contributed by atoms with Gasteiger partial charge in [0.25, 0.3) is 0 Å². The standard InChI is InChI=1S/C22H22F3N/c1-16(20-13-5-10-18-9-2-3-12-21(18)20)26-14-6-8-17-7-4-11-19(15-17)22(23,24)25/h2-5,7,9-13,15-16,26H,6,8,14H2,1H3/t16-/m1/s1/i6D2. The second-order valence-electron chi connectivity index (χ2n) is 6.30. The number of alkyl halides is 3. The summed E-state index contributed by atoms with van der Waals surface area (Å²) in [6.45, 7) is 2.00. The summed E-state index contributed by atoms with van der Waals surface area (Å²) in [7, 11) is 0. The third-order valence-corrected chi connectivity index (χ3v) is 4.41. The third kappa shape index (κ3) is 4.44. The molecule has 3 rings (SSSR count). The van der Waals surface area contributed by atoms with Crippen LogP contribution in [0.25, 0.3) is 10.8 Å². The minimum absolute atomic E-state index is 0.0354. The molecule has 0 aliphatic heterocycles. The molecule has 3 aromatic carbocycles. The van der Waals surface area contributed by atoms with Crippen molar-refractivity contribution in [1.82, 2.24) is 5.32 Å². The van der Waals surface area contributed by atoms with E-state index in [4.69, 9.17) is 2.74 Å². The second kappa shape index (κ2) is 7.92. The molecule has 0 saturated heterocycles. The molecule has 0 aliphatic rings. The third-order valence-electron chi connectivity index (χ3n) is 4.41. The Kier molecular flexibility index (Phi) is 4.84. The first-order chi connectivity index (χ1) is 13.2. The predicted octanol–water partition coefficient (Wildman–Crippen LogP) is 6.14. The molecule has 0 bridgehead atoms. The second-order valence-corrected chi connectivity index (χ2v) is 6.30. The van der Waals surface area contributed by atoms with Crippen LogP contribution in [0.15, 0.2) is 66.7 Å². The predicted molar refractivity (Wildman–Crippen MR) is 100 cm³/mol. The minimum Gasteiger partial charge on any atom is -0.310 e. The van der Waals surface area contributed by atoms with Gasteiger partial charge in [-0.05, 0) is 54.2 Å². The van der Waals surface area contributed by atoms with Gasteiger partial charge < -0.3 is 5.32 Å². The molecule has 0 fully saturated rings. The SMILES string of the molecule is [2H]C([2H])(CN[C@H](C)c1cccc2ccccc12)Cc1cccc(C(F)(F)F)c1. The van der Waals surface area contributed by atoms with Crippen LogP contribution in [0.5, 0.6) is 0 Å². The summed E-state index contributed by atoms with van der Waals surface area (Å²) in [4.78, 5) is 0. The van der Waals surface area contributed by atoms with Gasteiger partial charge in [-0.25, -0.2) is 0 Å². The Balaban J connectivity index is 1.69. The highest BCUT2D eigenvalue weighted by atomic mass is 19.4. The number of fused-ring (bicyclic) bond motifs is 1. The molecule has 4 heteroatoms. The summed E-state index contributed by atoms with van der Waals surface area (Å²) < 4.78 is 55.1. The zero-order chi connectivity index (χ0) is 20.4. The number of rotatable bonds is 6. The molecular weight excluding hydrogens is 335 g/mol. The quantitative estimate of drug-likeness (QED) is 0.557. The van der Waals surface area contributed by atoms with Crippen LogP contribution in [0.3, 0.4) is 0 Å². The van der Waals surface area contributed by atoms with E-state index in [-0.39, 0.29) is 19.0 Å². The van der Waals surface area contributed by atoms with E-state index in [1.807, 2.05) is 49.4 Å². The normalized spacial score (nSPS) is 14.8. The van der Waals surface area contributed by atoms with Crippen LogP contribution in [0, 0.1) is 0 Å². The molecule has 0 saturated carbocycles. The van der Waals surface area contributed by atoms with Gasteiger partial charge in [-0.3, -0.25) is 0 Å². The Morgan fingerprint density at radius 3 is 2.54 bits per heavy atom. The average molecular weight is 359 g/mol. The number of hydrogen-bond acceptors (Lipinski definition) is 1. The van der Waals surface area contributed by atoms with Crippen LogP contribution in [0.2, 0.25) is 0 Å². The van der Waals surface area contributed by atoms with Gasteiger partial charge in [0.15, 0.2) is 0 Å². The van der Waals surface area contributed by atoms with Crippen LogP contribution < -0.4 is 5.32 Å². The molecule has 1 N–H and O–H groups in total. The van der Waals surface area contributed by atoms with Crippen molar-refractivity contribution in [3.63, 3.8) is 0 Å². The van der Waals surface area contributed by atoms with Gasteiger partial charge in [0.2, 0.25) is 0 Å². The first-order valence-electron chi connectivity index (χ1n) is 9.53. The van der Waals surface area contributed by atoms with Crippen molar-refractivity contribution in [2.45, 2.75) is 31.9 Å². The summed E-state index contributed by atoms with van der Waals surface area (Å²) in [6.07, 6.45) is -6.20. The number of halogens is 3. The Hall–Kier alpha value is -2.33. The van der Waals surface area contributed by atoms with Crippen molar-refractivity contribution in [3.05, 3.63) is 83.4 Å². The van der Waals surface area contributed by atoms with Gasteiger partial charge in [0.1, 0.15) is 0 Å². The van der Waals surface area contributed by atoms with Gasteiger partial charge in [0.05, 0.1) is 5.56 Å². The van der Waals surface area contributed by atoms with Crippen molar-refractivity contribution in [2.24, 2.45) is 0 Å². The van der Waals surface area contributed by atoms with E-state index < -0.39 is 18.1 Å². The van der Waals surface area contributed by atoms with Crippen molar-refractivity contribution >= 4 is 10.8 Å². The van der Waals surface area contributed by atoms with Gasteiger partial charge in [-0.1, -0.05) is 60.7 Å². The first-order valence-corrected chi connectivity index (χ1v) is 8.53. The Morgan fingerprint density at radius 2 is 1.73 bits per heavy atom. The molecule has 0 heterocycles. The van der Waals surface area contributed by atoms with E-state index in [0.29, 0.717) is 5.56 Å². The van der Waals surface area contributed by atoms with Crippen LogP contribution in [-0.2, 0) is 12.6 Å². The van der Waals surface area contributed by atoms with Gasteiger partial charge in [-0.2, -0.15) is 13.2 Å². The number of hydrogen-bond donors (Lipinski definition) is 1. The molecule has 0 aromatic heterocycles. The van der Waals surface area contributed by atoms with E-state index in [0.717, 1.165) is 28.5 Å². The summed E-state index contributed by atoms with van der Waals surface area (Å²) in [5, 5.41) is 5.41. The molecule has 1 nitrogen and oxygen atoms in total. The summed E-state index contributed by atoms with van der Waals surface area (Å²) in [6, 6.07) is 18.8. The average Bonchev–Trinajstić information content (AvgIpc) is 2.65. The van der Waals surface area contributed by atoms with Crippen molar-refractivity contribution < 1.29 is 15.9 Å². The minimum atomic E-state index is -4.43. The highest BCUT2D eigenvalue weighted by molar-refractivity contribution is 5.86. The van der Waals surface area contributed by atoms with E-state index >= 15 is 0 Å². The topological polar surface area (TPSA) is 12.0 Å². The molecule has 0 spiro atoms. The Labute approximate surface area is 154 Å². The Bertz CT molecular complexity index is 948. The summed E-state index contributed by atoms with van der Waals surface area (Å²) >= 11 is 0. The zero-order valence-electron chi connectivity index (χ0n) is 16.5. The lowest BCUT2D eigenvalue weighted by Crippen LogP contribution is -2.20. The zero-order valence-corrected chi connectivity index (χ0v) is 14.5. The fraction of sp³-hybridized carbons (Fsp3) is 0.273. The fourth-order valence-corrected chi connectivity index (χ4v) is 3.03. The van der Waals surface area contributed by atoms with E-state index in [2.05, 4.69) is 5.32 Å². The van der Waals surface area contributed by atoms with Crippen LogP contribution in [-0.4, -0.2) is 6.54 Å². The lowest BCUT2D eigenvalue weighted by atomic mass is 9.99. The number of nitrogens with one attached hydrogen (secondary N) is 1. The van der Waals surface area contributed by atoms with Crippen molar-refractivity contribution in [3.8, 4) is 0 Å². The molecule has 136 valence electrons. The van der Waals surface area contributed by atoms with Crippen molar-refractivity contribution in [2.75, 3.05) is 6.54 Å². The molecule has 3 aromatic rings. The van der Waals surface area contributed by atoms with Gasteiger partial charge >= 0.3 is 6.18 Å². The summed E-state index contributed by atoms with van der Waals surface area (Å²) in [5.74, 6) is 0. The van der Waals surface area contributed by atoms with Crippen LogP contribution in [0.1, 0.15) is 38.8 Å². The van der Waals surface area contributed by atoms with E-state index in [1.54, 1.807) is 0 Å². The van der Waals surface area contributed by atoms with Gasteiger partial charge in [0, 0.05) is 8.78 Å². The van der Waals surface area contributed by atoms with Crippen LogP contribution >= 0.6 is 0 Å². The Morgan fingerprint density at radius 1 is 1.00 bits per heavy atom. The van der Waals surface area contributed by atoms with E-state index in [9.17, 15) is 13.2 Å². The van der Waals surface area contributed by atoms with Crippen LogP contribution in [0.4, 0.5) is 13.2 Å². The maximum atomic E-state index is 12.9. The highest BCUT2D eigenvalue weighted by Crippen LogP contribution is 2.29. The highest BCUT2D eigenvalue weighted by Gasteiger charge is 2.30. The molecule has 26 heavy (non-hydrogen) atoms. The smallest absolute Gasteiger partial charge is 0.310 e. The monoisotopic (exact) mass is 359 g/mol. The molecule has 0 unspecified atom stereocenters. The molecule has 0 aliphatic carbocycles. The van der Waals surface area contributed by atoms with Gasteiger partial charge in [-0.15, -0.1) is 0 Å². The van der Waals surface area contributed by atoms with Crippen molar-refractivity contribution in [1.29, 1.82) is 0 Å². The molecule has 1 atom stereocenters. The molecular formula is C22H22F3N. The molecule has 0 amide bonds. The maximum Gasteiger partial charge on any atom is 0.416 e. The molecule has 0 radical (unpaired) electrons. The first kappa shape index (κ1) is 15.9. The number of aryl methyl sites for hydroxylation is 1. The maximum absolute atomic E-state index is 12.9. The number of benzene rings is 3. The largest absolute Gasteiger partial charge is 0.416 e. The fourth-order valence-electron chi connectivity index (χ4n) is 3.03. The lowest BCUT2D eigenvalue weighted by Gasteiger charge is -2.17. The lowest BCUT2D eigenvalue weighted by molar-refractivity contribution is -0.137. The summed E-state index contributed by atoms with van der Waals surface area (Å²) in [5.41, 5.74) is 0.644.